The quantitative estimate of drug-likeness (QED) is 0.643. The zero-order chi connectivity index (χ0) is 13.0. The fourth-order valence-corrected chi connectivity index (χ4v) is 1.91. The summed E-state index contributed by atoms with van der Waals surface area (Å²) in [7, 11) is 0. The van der Waals surface area contributed by atoms with Crippen LogP contribution in [0.5, 0.6) is 0 Å². The lowest BCUT2D eigenvalue weighted by atomic mass is 10.3. The molecule has 0 radical (unpaired) electrons. The second kappa shape index (κ2) is 6.00. The molecule has 2 rings (SSSR count). The third kappa shape index (κ3) is 3.57. The lowest BCUT2D eigenvalue weighted by Gasteiger charge is -2.11. The smallest absolute Gasteiger partial charge is 0.175 e. The van der Waals surface area contributed by atoms with Gasteiger partial charge in [-0.15, -0.1) is 0 Å². The van der Waals surface area contributed by atoms with Crippen molar-refractivity contribution in [2.24, 2.45) is 0 Å². The van der Waals surface area contributed by atoms with Gasteiger partial charge in [-0.3, -0.25) is 0 Å². The Labute approximate surface area is 120 Å². The summed E-state index contributed by atoms with van der Waals surface area (Å²) in [6.07, 6.45) is 1.61. The molecule has 1 heterocycles. The zero-order valence-corrected chi connectivity index (χ0v) is 11.5. The zero-order valence-electron chi connectivity index (χ0n) is 9.15. The fourth-order valence-electron chi connectivity index (χ4n) is 1.33. The van der Waals surface area contributed by atoms with Crippen LogP contribution in [0.15, 0.2) is 42.6 Å². The van der Waals surface area contributed by atoms with E-state index in [0.717, 1.165) is 5.69 Å². The predicted molar refractivity (Wildman–Crippen MR) is 80.5 cm³/mol. The fraction of sp³-hybridized carbons (Fsp3) is 0. The highest BCUT2D eigenvalue weighted by atomic mass is 35.5. The molecule has 18 heavy (non-hydrogen) atoms. The van der Waals surface area contributed by atoms with E-state index in [2.05, 4.69) is 15.6 Å². The highest BCUT2D eigenvalue weighted by Crippen LogP contribution is 2.19. The first-order chi connectivity index (χ1) is 8.65. The number of thiocarbonyl (C=S) groups is 1. The number of aromatic nitrogens is 1. The van der Waals surface area contributed by atoms with Crippen molar-refractivity contribution in [3.63, 3.8) is 0 Å². The summed E-state index contributed by atoms with van der Waals surface area (Å²) in [6, 6.07) is 10.8. The van der Waals surface area contributed by atoms with E-state index >= 15 is 0 Å². The minimum Gasteiger partial charge on any atom is -0.332 e. The molecule has 0 bridgehead atoms. The van der Waals surface area contributed by atoms with Crippen molar-refractivity contribution in [2.45, 2.75) is 0 Å². The van der Waals surface area contributed by atoms with Crippen LogP contribution in [0.1, 0.15) is 0 Å². The van der Waals surface area contributed by atoms with Crippen LogP contribution >= 0.6 is 35.4 Å². The van der Waals surface area contributed by atoms with Crippen LogP contribution in [0.2, 0.25) is 10.2 Å². The molecule has 1 aromatic heterocycles. The highest BCUT2D eigenvalue weighted by molar-refractivity contribution is 7.80. The first-order valence-electron chi connectivity index (χ1n) is 5.09. The molecular weight excluding hydrogens is 289 g/mol. The molecule has 0 saturated carbocycles. The third-order valence-electron chi connectivity index (χ3n) is 2.09. The van der Waals surface area contributed by atoms with Gasteiger partial charge < -0.3 is 10.6 Å². The van der Waals surface area contributed by atoms with Gasteiger partial charge in [0.05, 0.1) is 5.69 Å². The number of hydrogen-bond acceptors (Lipinski definition) is 2. The summed E-state index contributed by atoms with van der Waals surface area (Å²) in [5, 5.41) is 7.40. The van der Waals surface area contributed by atoms with Crippen LogP contribution in [0, 0.1) is 0 Å². The van der Waals surface area contributed by atoms with Crippen LogP contribution in [-0.2, 0) is 0 Å². The van der Waals surface area contributed by atoms with Crippen LogP contribution in [0.4, 0.5) is 11.4 Å². The van der Waals surface area contributed by atoms with Gasteiger partial charge in [-0.2, -0.15) is 0 Å². The first-order valence-corrected chi connectivity index (χ1v) is 6.25. The second-order valence-electron chi connectivity index (χ2n) is 3.43. The van der Waals surface area contributed by atoms with Gasteiger partial charge >= 0.3 is 0 Å². The molecule has 0 spiro atoms. The number of halogens is 2. The molecular formula is C12H9Cl2N3S. The SMILES string of the molecule is S=C(Nc1cccc(Cl)c1)Nc1cccnc1Cl. The first kappa shape index (κ1) is 13.1. The van der Waals surface area contributed by atoms with Crippen molar-refractivity contribution in [3.8, 4) is 0 Å². The van der Waals surface area contributed by atoms with E-state index in [1.165, 1.54) is 0 Å². The Kier molecular flexibility index (Phi) is 4.36. The van der Waals surface area contributed by atoms with Gasteiger partial charge in [0.1, 0.15) is 0 Å². The molecule has 3 nitrogen and oxygen atoms in total. The van der Waals surface area contributed by atoms with E-state index < -0.39 is 0 Å². The Hall–Kier alpha value is -1.36. The Morgan fingerprint density at radius 2 is 1.94 bits per heavy atom. The molecule has 0 saturated heterocycles. The van der Waals surface area contributed by atoms with Crippen molar-refractivity contribution < 1.29 is 0 Å². The Morgan fingerprint density at radius 3 is 2.67 bits per heavy atom. The Morgan fingerprint density at radius 1 is 1.11 bits per heavy atom. The molecule has 0 amide bonds. The number of rotatable bonds is 2. The van der Waals surface area contributed by atoms with E-state index in [4.69, 9.17) is 35.4 Å². The molecule has 0 aliphatic rings. The summed E-state index contributed by atoms with van der Waals surface area (Å²) < 4.78 is 0. The maximum atomic E-state index is 5.91. The standard InChI is InChI=1S/C12H9Cl2N3S/c13-8-3-1-4-9(7-8)16-12(18)17-10-5-2-6-15-11(10)14/h1-7H,(H2,16,17,18). The van der Waals surface area contributed by atoms with Crippen LogP contribution in [-0.4, -0.2) is 10.1 Å². The maximum absolute atomic E-state index is 5.91. The minimum atomic E-state index is 0.368. The molecule has 1 aromatic carbocycles. The van der Waals surface area contributed by atoms with E-state index in [9.17, 15) is 0 Å². The Bertz CT molecular complexity index is 575. The average Bonchev–Trinajstić information content (AvgIpc) is 2.32. The van der Waals surface area contributed by atoms with Crippen molar-refractivity contribution in [3.05, 3.63) is 52.8 Å². The lowest BCUT2D eigenvalue weighted by molar-refractivity contribution is 1.33. The molecule has 2 aromatic rings. The molecule has 0 aliphatic carbocycles. The number of pyridine rings is 1. The van der Waals surface area contributed by atoms with E-state index in [-0.39, 0.29) is 0 Å². The van der Waals surface area contributed by atoms with Crippen molar-refractivity contribution in [2.75, 3.05) is 10.6 Å². The van der Waals surface area contributed by atoms with Gasteiger partial charge in [0.2, 0.25) is 0 Å². The summed E-state index contributed by atoms with van der Waals surface area (Å²) >= 11 is 17.0. The number of nitrogens with zero attached hydrogens (tertiary/aromatic N) is 1. The number of anilines is 2. The van der Waals surface area contributed by atoms with Gasteiger partial charge in [-0.05, 0) is 42.5 Å². The molecule has 2 N–H and O–H groups in total. The van der Waals surface area contributed by atoms with Gasteiger partial charge in [-0.1, -0.05) is 29.3 Å². The monoisotopic (exact) mass is 297 g/mol. The molecule has 0 fully saturated rings. The molecule has 0 unspecified atom stereocenters. The number of nitrogens with one attached hydrogen (secondary N) is 2. The second-order valence-corrected chi connectivity index (χ2v) is 4.63. The van der Waals surface area contributed by atoms with Gasteiger partial charge in [0.15, 0.2) is 10.3 Å². The van der Waals surface area contributed by atoms with Crippen LogP contribution in [0.3, 0.4) is 0 Å². The summed E-state index contributed by atoms with van der Waals surface area (Å²) in [5.74, 6) is 0. The van der Waals surface area contributed by atoms with Crippen LogP contribution in [0.25, 0.3) is 0 Å². The largest absolute Gasteiger partial charge is 0.332 e. The normalized spacial score (nSPS) is 9.89. The van der Waals surface area contributed by atoms with Crippen molar-refractivity contribution in [1.82, 2.24) is 4.98 Å². The number of benzene rings is 1. The Balaban J connectivity index is 2.03. The molecule has 0 atom stereocenters. The topological polar surface area (TPSA) is 37.0 Å². The van der Waals surface area contributed by atoms with Crippen molar-refractivity contribution >= 4 is 51.9 Å². The van der Waals surface area contributed by atoms with E-state index in [0.29, 0.717) is 21.0 Å². The maximum Gasteiger partial charge on any atom is 0.175 e. The van der Waals surface area contributed by atoms with Gasteiger partial charge in [0, 0.05) is 16.9 Å². The summed E-state index contributed by atoms with van der Waals surface area (Å²) in [5.41, 5.74) is 1.46. The third-order valence-corrected chi connectivity index (χ3v) is 2.83. The summed E-state index contributed by atoms with van der Waals surface area (Å²) in [4.78, 5) is 3.95. The van der Waals surface area contributed by atoms with Crippen molar-refractivity contribution in [1.29, 1.82) is 0 Å². The molecule has 92 valence electrons. The van der Waals surface area contributed by atoms with E-state index in [1.54, 1.807) is 30.5 Å². The highest BCUT2D eigenvalue weighted by Gasteiger charge is 2.03. The lowest BCUT2D eigenvalue weighted by Crippen LogP contribution is -2.19. The molecule has 6 heteroatoms. The van der Waals surface area contributed by atoms with Gasteiger partial charge in [0.25, 0.3) is 0 Å². The van der Waals surface area contributed by atoms with Crippen LogP contribution < -0.4 is 10.6 Å². The minimum absolute atomic E-state index is 0.368. The number of hydrogen-bond donors (Lipinski definition) is 2. The predicted octanol–water partition coefficient (Wildman–Crippen LogP) is 4.20. The average molecular weight is 298 g/mol. The van der Waals surface area contributed by atoms with E-state index in [1.807, 2.05) is 12.1 Å². The molecule has 0 aliphatic heterocycles. The van der Waals surface area contributed by atoms with Gasteiger partial charge in [-0.25, -0.2) is 4.98 Å². The summed E-state index contributed by atoms with van der Waals surface area (Å²) in [6.45, 7) is 0.